The lowest BCUT2D eigenvalue weighted by Crippen LogP contribution is -2.16. The van der Waals surface area contributed by atoms with Crippen LogP contribution in [0.2, 0.25) is 0 Å². The second-order valence-corrected chi connectivity index (χ2v) is 3.79. The summed E-state index contributed by atoms with van der Waals surface area (Å²) < 4.78 is 1.53. The zero-order valence-corrected chi connectivity index (χ0v) is 10.2. The minimum Gasteiger partial charge on any atom is -0.313 e. The first kappa shape index (κ1) is 12.2. The third kappa shape index (κ3) is 2.70. The summed E-state index contributed by atoms with van der Waals surface area (Å²) in [5.74, 6) is 0.850. The van der Waals surface area contributed by atoms with E-state index in [1.165, 1.54) is 11.0 Å². The fourth-order valence-corrected chi connectivity index (χ4v) is 1.59. The summed E-state index contributed by atoms with van der Waals surface area (Å²) in [6, 6.07) is 5.77. The first-order valence-corrected chi connectivity index (χ1v) is 5.82. The summed E-state index contributed by atoms with van der Waals surface area (Å²) in [5, 5.41) is 16.1. The molecule has 0 aliphatic rings. The molecule has 2 aromatic heterocycles. The standard InChI is InChI=1S/C12H14N6/c1-2-5-14-8-10-4-3-6-15-12(10)18-9-16-11(7-13)17-18/h3-4,6,9,14H,2,5,8H2,1H3. The Morgan fingerprint density at radius 2 is 2.33 bits per heavy atom. The van der Waals surface area contributed by atoms with E-state index in [0.717, 1.165) is 25.1 Å². The van der Waals surface area contributed by atoms with Crippen molar-refractivity contribution in [1.29, 1.82) is 5.26 Å². The third-order valence-electron chi connectivity index (χ3n) is 2.42. The minimum absolute atomic E-state index is 0.146. The Morgan fingerprint density at radius 3 is 3.06 bits per heavy atom. The van der Waals surface area contributed by atoms with Gasteiger partial charge in [-0.3, -0.25) is 0 Å². The fourth-order valence-electron chi connectivity index (χ4n) is 1.59. The summed E-state index contributed by atoms with van der Waals surface area (Å²) in [5.41, 5.74) is 1.03. The smallest absolute Gasteiger partial charge is 0.252 e. The van der Waals surface area contributed by atoms with E-state index in [1.54, 1.807) is 6.20 Å². The predicted molar refractivity (Wildman–Crippen MR) is 65.9 cm³/mol. The van der Waals surface area contributed by atoms with Crippen LogP contribution in [0.4, 0.5) is 0 Å². The van der Waals surface area contributed by atoms with Crippen molar-refractivity contribution < 1.29 is 0 Å². The van der Waals surface area contributed by atoms with E-state index < -0.39 is 0 Å². The molecular formula is C12H14N6. The molecule has 0 saturated heterocycles. The van der Waals surface area contributed by atoms with Crippen LogP contribution in [0.15, 0.2) is 24.7 Å². The van der Waals surface area contributed by atoms with E-state index in [9.17, 15) is 0 Å². The van der Waals surface area contributed by atoms with Gasteiger partial charge in [-0.25, -0.2) is 14.6 Å². The number of aromatic nitrogens is 4. The third-order valence-corrected chi connectivity index (χ3v) is 2.42. The Morgan fingerprint density at radius 1 is 1.44 bits per heavy atom. The molecule has 2 rings (SSSR count). The molecular weight excluding hydrogens is 228 g/mol. The van der Waals surface area contributed by atoms with Gasteiger partial charge >= 0.3 is 0 Å². The van der Waals surface area contributed by atoms with Crippen LogP contribution >= 0.6 is 0 Å². The van der Waals surface area contributed by atoms with Crippen molar-refractivity contribution in [2.75, 3.05) is 6.54 Å². The van der Waals surface area contributed by atoms with E-state index in [2.05, 4.69) is 27.3 Å². The average Bonchev–Trinajstić information content (AvgIpc) is 2.88. The Balaban J connectivity index is 2.24. The molecule has 92 valence electrons. The van der Waals surface area contributed by atoms with Crippen LogP contribution in [0.1, 0.15) is 24.7 Å². The molecule has 6 heteroatoms. The molecule has 1 N–H and O–H groups in total. The number of hydrogen-bond donors (Lipinski definition) is 1. The highest BCUT2D eigenvalue weighted by Gasteiger charge is 2.07. The molecule has 0 unspecified atom stereocenters. The summed E-state index contributed by atoms with van der Waals surface area (Å²) in [7, 11) is 0. The van der Waals surface area contributed by atoms with Crippen LogP contribution in [0, 0.1) is 11.3 Å². The van der Waals surface area contributed by atoms with Crippen molar-refractivity contribution in [1.82, 2.24) is 25.1 Å². The van der Waals surface area contributed by atoms with E-state index in [4.69, 9.17) is 5.26 Å². The van der Waals surface area contributed by atoms with Gasteiger partial charge in [-0.15, -0.1) is 5.10 Å². The monoisotopic (exact) mass is 242 g/mol. The van der Waals surface area contributed by atoms with Crippen molar-refractivity contribution >= 4 is 0 Å². The molecule has 6 nitrogen and oxygen atoms in total. The van der Waals surface area contributed by atoms with Gasteiger partial charge in [-0.05, 0) is 19.0 Å². The zero-order valence-electron chi connectivity index (χ0n) is 10.2. The van der Waals surface area contributed by atoms with Crippen LogP contribution in [0.25, 0.3) is 5.82 Å². The van der Waals surface area contributed by atoms with Gasteiger partial charge < -0.3 is 5.32 Å². The van der Waals surface area contributed by atoms with Crippen LogP contribution < -0.4 is 5.32 Å². The van der Waals surface area contributed by atoms with Gasteiger partial charge in [-0.1, -0.05) is 13.0 Å². The second kappa shape index (κ2) is 5.89. The summed E-state index contributed by atoms with van der Waals surface area (Å²) in [4.78, 5) is 8.17. The average molecular weight is 242 g/mol. The summed E-state index contributed by atoms with van der Waals surface area (Å²) >= 11 is 0. The maximum Gasteiger partial charge on any atom is 0.252 e. The number of nitriles is 1. The van der Waals surface area contributed by atoms with Gasteiger partial charge in [0, 0.05) is 18.3 Å². The molecule has 0 aromatic carbocycles. The Labute approximate surface area is 105 Å². The van der Waals surface area contributed by atoms with Gasteiger partial charge in [0.05, 0.1) is 0 Å². The van der Waals surface area contributed by atoms with Crippen LogP contribution in [0.5, 0.6) is 0 Å². The molecule has 0 aliphatic carbocycles. The van der Waals surface area contributed by atoms with E-state index in [1.807, 2.05) is 18.2 Å². The number of hydrogen-bond acceptors (Lipinski definition) is 5. The lowest BCUT2D eigenvalue weighted by atomic mass is 10.2. The highest BCUT2D eigenvalue weighted by molar-refractivity contribution is 5.32. The van der Waals surface area contributed by atoms with Crippen molar-refractivity contribution in [2.45, 2.75) is 19.9 Å². The van der Waals surface area contributed by atoms with Crippen molar-refractivity contribution in [3.05, 3.63) is 36.0 Å². The number of nitrogens with zero attached hydrogens (tertiary/aromatic N) is 5. The Bertz CT molecular complexity index is 554. The largest absolute Gasteiger partial charge is 0.313 e. The van der Waals surface area contributed by atoms with Crippen LogP contribution in [-0.4, -0.2) is 26.3 Å². The van der Waals surface area contributed by atoms with Crippen LogP contribution in [-0.2, 0) is 6.54 Å². The maximum atomic E-state index is 8.72. The lowest BCUT2D eigenvalue weighted by Gasteiger charge is -2.08. The first-order valence-electron chi connectivity index (χ1n) is 5.82. The molecule has 0 saturated carbocycles. The number of pyridine rings is 1. The van der Waals surface area contributed by atoms with Gasteiger partial charge in [0.25, 0.3) is 5.82 Å². The molecule has 0 aliphatic heterocycles. The second-order valence-electron chi connectivity index (χ2n) is 3.79. The van der Waals surface area contributed by atoms with Crippen LogP contribution in [0.3, 0.4) is 0 Å². The van der Waals surface area contributed by atoms with Gasteiger partial charge in [-0.2, -0.15) is 5.26 Å². The summed E-state index contributed by atoms with van der Waals surface area (Å²) in [6.07, 6.45) is 4.29. The van der Waals surface area contributed by atoms with Crippen molar-refractivity contribution in [3.8, 4) is 11.9 Å². The molecule has 0 radical (unpaired) electrons. The zero-order chi connectivity index (χ0) is 12.8. The van der Waals surface area contributed by atoms with Gasteiger partial charge in [0.2, 0.25) is 0 Å². The Kier molecular flexibility index (Phi) is 3.99. The van der Waals surface area contributed by atoms with Gasteiger partial charge in [0.15, 0.2) is 5.82 Å². The molecule has 0 atom stereocenters. The highest BCUT2D eigenvalue weighted by Crippen LogP contribution is 2.09. The fraction of sp³-hybridized carbons (Fsp3) is 0.333. The minimum atomic E-state index is 0.146. The first-order chi connectivity index (χ1) is 8.85. The molecule has 18 heavy (non-hydrogen) atoms. The van der Waals surface area contributed by atoms with E-state index in [0.29, 0.717) is 5.82 Å². The Hall–Kier alpha value is -2.26. The number of rotatable bonds is 5. The van der Waals surface area contributed by atoms with E-state index in [-0.39, 0.29) is 5.82 Å². The molecule has 0 amide bonds. The normalized spacial score (nSPS) is 10.2. The quantitative estimate of drug-likeness (QED) is 0.792. The SMILES string of the molecule is CCCNCc1cccnc1-n1cnc(C#N)n1. The molecule has 0 bridgehead atoms. The molecule has 2 aromatic rings. The predicted octanol–water partition coefficient (Wildman–Crippen LogP) is 1.03. The molecule has 2 heterocycles. The summed E-state index contributed by atoms with van der Waals surface area (Å²) in [6.45, 7) is 3.79. The van der Waals surface area contributed by atoms with Gasteiger partial charge in [0.1, 0.15) is 12.4 Å². The number of nitrogens with one attached hydrogen (secondary N) is 1. The van der Waals surface area contributed by atoms with Crippen molar-refractivity contribution in [2.24, 2.45) is 0 Å². The topological polar surface area (TPSA) is 79.4 Å². The van der Waals surface area contributed by atoms with E-state index >= 15 is 0 Å². The molecule has 0 fully saturated rings. The van der Waals surface area contributed by atoms with Crippen molar-refractivity contribution in [3.63, 3.8) is 0 Å². The molecule has 0 spiro atoms. The lowest BCUT2D eigenvalue weighted by molar-refractivity contribution is 0.666. The highest BCUT2D eigenvalue weighted by atomic mass is 15.4. The maximum absolute atomic E-state index is 8.72.